The predicted molar refractivity (Wildman–Crippen MR) is 66.8 cm³/mol. The topological polar surface area (TPSA) is 41.5 Å². The Morgan fingerprint density at radius 2 is 2.19 bits per heavy atom. The number of aliphatic imine (C=N–C) groups is 1. The van der Waals surface area contributed by atoms with Gasteiger partial charge in [-0.2, -0.15) is 0 Å². The molecule has 0 bridgehead atoms. The van der Waals surface area contributed by atoms with Crippen molar-refractivity contribution in [3.05, 3.63) is 48.0 Å². The standard InChI is InChI=1S/C13H16N2O/c1-4-13(16)15-9-12(14-3)11-8-6-5-7-10(11)2/h4-8H,1,9H2,2-3H3,(H,15,16)/b14-12-. The van der Waals surface area contributed by atoms with Crippen LogP contribution < -0.4 is 5.32 Å². The van der Waals surface area contributed by atoms with Gasteiger partial charge in [0.15, 0.2) is 0 Å². The van der Waals surface area contributed by atoms with Crippen molar-refractivity contribution < 1.29 is 4.79 Å². The highest BCUT2D eigenvalue weighted by Crippen LogP contribution is 2.08. The van der Waals surface area contributed by atoms with Crippen LogP contribution in [0, 0.1) is 6.92 Å². The number of carbonyl (C=O) groups is 1. The summed E-state index contributed by atoms with van der Waals surface area (Å²) in [4.78, 5) is 15.3. The summed E-state index contributed by atoms with van der Waals surface area (Å²) in [5.41, 5.74) is 3.08. The molecule has 1 aromatic carbocycles. The number of hydrogen-bond donors (Lipinski definition) is 1. The van der Waals surface area contributed by atoms with E-state index in [-0.39, 0.29) is 5.91 Å². The fraction of sp³-hybridized carbons (Fsp3) is 0.231. The molecule has 0 aliphatic heterocycles. The van der Waals surface area contributed by atoms with Gasteiger partial charge in [-0.15, -0.1) is 0 Å². The summed E-state index contributed by atoms with van der Waals surface area (Å²) < 4.78 is 0. The number of rotatable bonds is 4. The van der Waals surface area contributed by atoms with Crippen LogP contribution in [-0.4, -0.2) is 25.2 Å². The normalized spacial score (nSPS) is 11.0. The van der Waals surface area contributed by atoms with Gasteiger partial charge in [-0.3, -0.25) is 9.79 Å². The highest BCUT2D eigenvalue weighted by atomic mass is 16.1. The van der Waals surface area contributed by atoms with Crippen molar-refractivity contribution in [2.75, 3.05) is 13.6 Å². The molecule has 0 spiro atoms. The van der Waals surface area contributed by atoms with Crippen molar-refractivity contribution >= 4 is 11.6 Å². The van der Waals surface area contributed by atoms with Crippen molar-refractivity contribution in [3.8, 4) is 0 Å². The van der Waals surface area contributed by atoms with Crippen molar-refractivity contribution in [1.29, 1.82) is 0 Å². The molecule has 0 aliphatic carbocycles. The molecule has 0 fully saturated rings. The number of hydrogen-bond acceptors (Lipinski definition) is 2. The van der Waals surface area contributed by atoms with Crippen molar-refractivity contribution in [2.24, 2.45) is 4.99 Å². The Morgan fingerprint density at radius 3 is 2.75 bits per heavy atom. The first-order valence-corrected chi connectivity index (χ1v) is 5.11. The van der Waals surface area contributed by atoms with E-state index < -0.39 is 0 Å². The predicted octanol–water partition coefficient (Wildman–Crippen LogP) is 1.72. The third-order valence-electron chi connectivity index (χ3n) is 2.34. The molecule has 84 valence electrons. The zero-order chi connectivity index (χ0) is 12.0. The molecule has 0 saturated carbocycles. The molecule has 3 nitrogen and oxygen atoms in total. The fourth-order valence-electron chi connectivity index (χ4n) is 1.43. The molecule has 1 aromatic rings. The maximum Gasteiger partial charge on any atom is 0.243 e. The lowest BCUT2D eigenvalue weighted by Gasteiger charge is -2.09. The van der Waals surface area contributed by atoms with Gasteiger partial charge < -0.3 is 5.32 Å². The van der Waals surface area contributed by atoms with Gasteiger partial charge in [0, 0.05) is 12.6 Å². The van der Waals surface area contributed by atoms with E-state index in [2.05, 4.69) is 16.9 Å². The van der Waals surface area contributed by atoms with Crippen molar-refractivity contribution in [1.82, 2.24) is 5.32 Å². The molecule has 0 aliphatic rings. The summed E-state index contributed by atoms with van der Waals surface area (Å²) in [6, 6.07) is 7.96. The van der Waals surface area contributed by atoms with Crippen molar-refractivity contribution in [2.45, 2.75) is 6.92 Å². The minimum absolute atomic E-state index is 0.185. The highest BCUT2D eigenvalue weighted by Gasteiger charge is 2.06. The van der Waals surface area contributed by atoms with Gasteiger partial charge >= 0.3 is 0 Å². The lowest BCUT2D eigenvalue weighted by atomic mass is 10.0. The Morgan fingerprint density at radius 1 is 1.50 bits per heavy atom. The summed E-state index contributed by atoms with van der Waals surface area (Å²) in [6.45, 7) is 5.85. The average molecular weight is 216 g/mol. The summed E-state index contributed by atoms with van der Waals surface area (Å²) in [5, 5.41) is 2.72. The molecule has 0 heterocycles. The molecule has 1 N–H and O–H groups in total. The van der Waals surface area contributed by atoms with Crippen molar-refractivity contribution in [3.63, 3.8) is 0 Å². The smallest absolute Gasteiger partial charge is 0.243 e. The first-order chi connectivity index (χ1) is 7.69. The van der Waals surface area contributed by atoms with Gasteiger partial charge in [0.1, 0.15) is 0 Å². The van der Waals surface area contributed by atoms with E-state index in [9.17, 15) is 4.79 Å². The van der Waals surface area contributed by atoms with E-state index in [0.29, 0.717) is 6.54 Å². The van der Waals surface area contributed by atoms with E-state index in [1.165, 1.54) is 6.08 Å². The van der Waals surface area contributed by atoms with Crippen LogP contribution in [0.15, 0.2) is 41.9 Å². The molecule has 0 radical (unpaired) electrons. The molecular weight excluding hydrogens is 200 g/mol. The molecule has 16 heavy (non-hydrogen) atoms. The van der Waals surface area contributed by atoms with Crippen LogP contribution in [0.25, 0.3) is 0 Å². The fourth-order valence-corrected chi connectivity index (χ4v) is 1.43. The molecule has 3 heteroatoms. The van der Waals surface area contributed by atoms with E-state index >= 15 is 0 Å². The number of aryl methyl sites for hydroxylation is 1. The summed E-state index contributed by atoms with van der Waals surface area (Å²) in [6.07, 6.45) is 1.26. The van der Waals surface area contributed by atoms with Crippen LogP contribution >= 0.6 is 0 Å². The van der Waals surface area contributed by atoms with Crippen LogP contribution in [0.3, 0.4) is 0 Å². The first kappa shape index (κ1) is 12.2. The third-order valence-corrected chi connectivity index (χ3v) is 2.34. The average Bonchev–Trinajstić information content (AvgIpc) is 2.31. The molecule has 1 rings (SSSR count). The van der Waals surface area contributed by atoms with Crippen LogP contribution in [0.4, 0.5) is 0 Å². The minimum atomic E-state index is -0.185. The second-order valence-corrected chi connectivity index (χ2v) is 3.41. The second-order valence-electron chi connectivity index (χ2n) is 3.41. The quantitative estimate of drug-likeness (QED) is 0.604. The summed E-state index contributed by atoms with van der Waals surface area (Å²) >= 11 is 0. The zero-order valence-electron chi connectivity index (χ0n) is 9.66. The third kappa shape index (κ3) is 3.05. The molecule has 0 unspecified atom stereocenters. The van der Waals surface area contributed by atoms with Crippen LogP contribution in [0.5, 0.6) is 0 Å². The Bertz CT molecular complexity index is 422. The van der Waals surface area contributed by atoms with Gasteiger partial charge in [-0.1, -0.05) is 30.8 Å². The minimum Gasteiger partial charge on any atom is -0.347 e. The Labute approximate surface area is 95.9 Å². The molecule has 0 atom stereocenters. The van der Waals surface area contributed by atoms with E-state index in [1.54, 1.807) is 7.05 Å². The van der Waals surface area contributed by atoms with Gasteiger partial charge in [-0.25, -0.2) is 0 Å². The van der Waals surface area contributed by atoms with E-state index in [0.717, 1.165) is 16.8 Å². The molecular formula is C13H16N2O. The number of amides is 1. The number of carbonyl (C=O) groups excluding carboxylic acids is 1. The maximum absolute atomic E-state index is 11.1. The number of nitrogens with zero attached hydrogens (tertiary/aromatic N) is 1. The Balaban J connectivity index is 2.80. The lowest BCUT2D eigenvalue weighted by Crippen LogP contribution is -2.28. The SMILES string of the molecule is C=CC(=O)NC/C(=N/C)c1ccccc1C. The van der Waals surface area contributed by atoms with Crippen LogP contribution in [0.2, 0.25) is 0 Å². The summed E-state index contributed by atoms with van der Waals surface area (Å²) in [5.74, 6) is -0.185. The van der Waals surface area contributed by atoms with Gasteiger partial charge in [0.25, 0.3) is 0 Å². The second kappa shape index (κ2) is 5.85. The zero-order valence-corrected chi connectivity index (χ0v) is 9.66. The van der Waals surface area contributed by atoms with Crippen LogP contribution in [-0.2, 0) is 4.79 Å². The number of benzene rings is 1. The molecule has 0 saturated heterocycles. The largest absolute Gasteiger partial charge is 0.347 e. The molecule has 0 aromatic heterocycles. The van der Waals surface area contributed by atoms with E-state index in [4.69, 9.17) is 0 Å². The summed E-state index contributed by atoms with van der Waals surface area (Å²) in [7, 11) is 1.72. The Kier molecular flexibility index (Phi) is 4.45. The maximum atomic E-state index is 11.1. The van der Waals surface area contributed by atoms with Gasteiger partial charge in [-0.05, 0) is 18.6 Å². The molecule has 1 amide bonds. The highest BCUT2D eigenvalue weighted by molar-refractivity contribution is 6.05. The van der Waals surface area contributed by atoms with Crippen LogP contribution in [0.1, 0.15) is 11.1 Å². The number of nitrogens with one attached hydrogen (secondary N) is 1. The van der Waals surface area contributed by atoms with Gasteiger partial charge in [0.05, 0.1) is 12.3 Å². The monoisotopic (exact) mass is 216 g/mol. The first-order valence-electron chi connectivity index (χ1n) is 5.11. The lowest BCUT2D eigenvalue weighted by molar-refractivity contribution is -0.116. The Hall–Kier alpha value is -1.90. The van der Waals surface area contributed by atoms with Gasteiger partial charge in [0.2, 0.25) is 5.91 Å². The van der Waals surface area contributed by atoms with E-state index in [1.807, 2.05) is 31.2 Å².